The van der Waals surface area contributed by atoms with Crippen LogP contribution in [0.15, 0.2) is 18.2 Å². The predicted octanol–water partition coefficient (Wildman–Crippen LogP) is 2.30. The lowest BCUT2D eigenvalue weighted by Gasteiger charge is -2.12. The Labute approximate surface area is 138 Å². The highest BCUT2D eigenvalue weighted by atomic mass is 16.5. The van der Waals surface area contributed by atoms with Crippen LogP contribution in [0.2, 0.25) is 0 Å². The van der Waals surface area contributed by atoms with Gasteiger partial charge in [0, 0.05) is 31.3 Å². The summed E-state index contributed by atoms with van der Waals surface area (Å²) in [6, 6.07) is 5.18. The molecule has 128 valence electrons. The molecule has 0 radical (unpaired) electrons. The third kappa shape index (κ3) is 8.91. The Kier molecular flexibility index (Phi) is 10.4. The van der Waals surface area contributed by atoms with Crippen LogP contribution in [-0.2, 0) is 0 Å². The first kappa shape index (κ1) is 19.1. The lowest BCUT2D eigenvalue weighted by atomic mass is 10.3. The fraction of sp³-hybridized carbons (Fsp3) is 0.588. The van der Waals surface area contributed by atoms with Crippen molar-refractivity contribution >= 4 is 0 Å². The molecular weight excluding hydrogens is 294 g/mol. The number of hydrogen-bond acceptors (Lipinski definition) is 6. The van der Waals surface area contributed by atoms with Gasteiger partial charge in [-0.2, -0.15) is 0 Å². The molecule has 0 bridgehead atoms. The zero-order valence-electron chi connectivity index (χ0n) is 14.1. The second kappa shape index (κ2) is 12.6. The van der Waals surface area contributed by atoms with E-state index in [1.165, 1.54) is 0 Å². The third-order valence-electron chi connectivity index (χ3n) is 2.97. The first-order valence-corrected chi connectivity index (χ1v) is 8.18. The summed E-state index contributed by atoms with van der Waals surface area (Å²) in [4.78, 5) is 0. The fourth-order valence-corrected chi connectivity index (χ4v) is 1.91. The molecule has 23 heavy (non-hydrogen) atoms. The topological polar surface area (TPSA) is 75.5 Å². The van der Waals surface area contributed by atoms with Gasteiger partial charge in [-0.25, -0.2) is 0 Å². The maximum atomic E-state index is 8.67. The maximum absolute atomic E-state index is 8.67. The number of rotatable bonds is 13. The molecule has 1 aromatic carbocycles. The summed E-state index contributed by atoms with van der Waals surface area (Å²) in [5, 5.41) is 15.2. The van der Waals surface area contributed by atoms with Gasteiger partial charge in [-0.05, 0) is 25.9 Å². The van der Waals surface area contributed by atoms with Gasteiger partial charge in [0.1, 0.15) is 30.5 Å². The second-order valence-corrected chi connectivity index (χ2v) is 5.03. The summed E-state index contributed by atoms with van der Waals surface area (Å²) in [5.74, 6) is 1.68. The minimum absolute atomic E-state index is 0.419. The molecule has 0 unspecified atom stereocenters. The van der Waals surface area contributed by atoms with Crippen molar-refractivity contribution in [3.63, 3.8) is 0 Å². The van der Waals surface area contributed by atoms with Gasteiger partial charge in [0.2, 0.25) is 0 Å². The summed E-state index contributed by atoms with van der Waals surface area (Å²) in [6.45, 7) is 8.83. The van der Waals surface area contributed by atoms with Crippen LogP contribution in [-0.4, -0.2) is 39.4 Å². The number of hydrogen-bond donors (Lipinski definition) is 2. The van der Waals surface area contributed by atoms with Crippen LogP contribution in [0.5, 0.6) is 17.2 Å². The van der Waals surface area contributed by atoms with Crippen molar-refractivity contribution in [2.75, 3.05) is 39.4 Å². The molecule has 0 atom stereocenters. The first-order chi connectivity index (χ1) is 11.3. The smallest absolute Gasteiger partial charge is 0.292 e. The van der Waals surface area contributed by atoms with E-state index in [1.54, 1.807) is 18.4 Å². The molecule has 0 heterocycles. The standard InChI is InChI=1S/C17H27N3O3/c1-3-5-19-7-9-21-15-11-16(13-17(12-15)23-14-18)22-10-8-20-6-4-2/h11-13,19-20H,3-10H2,1-2H3. The molecule has 0 fully saturated rings. The summed E-state index contributed by atoms with van der Waals surface area (Å²) in [7, 11) is 0. The molecule has 1 rings (SSSR count). The van der Waals surface area contributed by atoms with Gasteiger partial charge >= 0.3 is 0 Å². The van der Waals surface area contributed by atoms with Crippen LogP contribution in [0.25, 0.3) is 0 Å². The zero-order valence-corrected chi connectivity index (χ0v) is 14.1. The molecule has 0 aliphatic carbocycles. The van der Waals surface area contributed by atoms with E-state index in [-0.39, 0.29) is 0 Å². The van der Waals surface area contributed by atoms with E-state index < -0.39 is 0 Å². The molecule has 1 aromatic rings. The Hall–Kier alpha value is -1.97. The summed E-state index contributed by atoms with van der Waals surface area (Å²) >= 11 is 0. The van der Waals surface area contributed by atoms with Crippen LogP contribution in [0.1, 0.15) is 26.7 Å². The zero-order chi connectivity index (χ0) is 16.8. The van der Waals surface area contributed by atoms with E-state index in [0.29, 0.717) is 30.5 Å². The maximum Gasteiger partial charge on any atom is 0.292 e. The molecule has 0 amide bonds. The van der Waals surface area contributed by atoms with E-state index in [2.05, 4.69) is 24.5 Å². The highest BCUT2D eigenvalue weighted by Crippen LogP contribution is 2.27. The Morgan fingerprint density at radius 1 is 0.826 bits per heavy atom. The first-order valence-electron chi connectivity index (χ1n) is 8.18. The van der Waals surface area contributed by atoms with Gasteiger partial charge in [-0.3, -0.25) is 0 Å². The van der Waals surface area contributed by atoms with Crippen LogP contribution >= 0.6 is 0 Å². The number of nitriles is 1. The van der Waals surface area contributed by atoms with E-state index in [4.69, 9.17) is 19.5 Å². The monoisotopic (exact) mass is 321 g/mol. The Bertz CT molecular complexity index is 442. The lowest BCUT2D eigenvalue weighted by Crippen LogP contribution is -2.22. The van der Waals surface area contributed by atoms with Crippen molar-refractivity contribution in [1.29, 1.82) is 5.26 Å². The van der Waals surface area contributed by atoms with Crippen molar-refractivity contribution in [3.8, 4) is 23.5 Å². The minimum atomic E-state index is 0.419. The highest BCUT2D eigenvalue weighted by Gasteiger charge is 2.05. The fourth-order valence-electron chi connectivity index (χ4n) is 1.91. The summed E-state index contributed by atoms with van der Waals surface area (Å²) in [5.41, 5.74) is 0. The molecule has 0 saturated carbocycles. The van der Waals surface area contributed by atoms with Crippen LogP contribution in [0.3, 0.4) is 0 Å². The molecule has 6 nitrogen and oxygen atoms in total. The van der Waals surface area contributed by atoms with Gasteiger partial charge in [0.05, 0.1) is 0 Å². The van der Waals surface area contributed by atoms with E-state index in [0.717, 1.165) is 39.0 Å². The quantitative estimate of drug-likeness (QED) is 0.429. The van der Waals surface area contributed by atoms with Gasteiger partial charge in [0.15, 0.2) is 0 Å². The third-order valence-corrected chi connectivity index (χ3v) is 2.97. The van der Waals surface area contributed by atoms with Crippen molar-refractivity contribution in [2.45, 2.75) is 26.7 Å². The van der Waals surface area contributed by atoms with E-state index >= 15 is 0 Å². The molecule has 0 aromatic heterocycles. The summed E-state index contributed by atoms with van der Waals surface area (Å²) < 4.78 is 16.2. The van der Waals surface area contributed by atoms with Crippen molar-refractivity contribution in [3.05, 3.63) is 18.2 Å². The normalized spacial score (nSPS) is 10.1. The molecular formula is C17H27N3O3. The second-order valence-electron chi connectivity index (χ2n) is 5.03. The van der Waals surface area contributed by atoms with Crippen molar-refractivity contribution in [1.82, 2.24) is 10.6 Å². The van der Waals surface area contributed by atoms with Gasteiger partial charge in [-0.1, -0.05) is 13.8 Å². The van der Waals surface area contributed by atoms with Gasteiger partial charge in [0.25, 0.3) is 6.26 Å². The predicted molar refractivity (Wildman–Crippen MR) is 90.0 cm³/mol. The molecule has 2 N–H and O–H groups in total. The number of nitrogens with zero attached hydrogens (tertiary/aromatic N) is 1. The summed E-state index contributed by atoms with van der Waals surface area (Å²) in [6.07, 6.45) is 3.86. The lowest BCUT2D eigenvalue weighted by molar-refractivity contribution is 0.297. The van der Waals surface area contributed by atoms with Crippen molar-refractivity contribution < 1.29 is 14.2 Å². The molecule has 0 saturated heterocycles. The molecule has 6 heteroatoms. The van der Waals surface area contributed by atoms with Crippen molar-refractivity contribution in [2.24, 2.45) is 0 Å². The SMILES string of the molecule is CCCNCCOc1cc(OC#N)cc(OCCNCCC)c1. The van der Waals surface area contributed by atoms with Gasteiger partial charge in [-0.15, -0.1) is 5.26 Å². The van der Waals surface area contributed by atoms with E-state index in [9.17, 15) is 0 Å². The van der Waals surface area contributed by atoms with E-state index in [1.807, 2.05) is 6.07 Å². The minimum Gasteiger partial charge on any atom is -0.492 e. The van der Waals surface area contributed by atoms with Crippen LogP contribution < -0.4 is 24.8 Å². The Morgan fingerprint density at radius 2 is 1.30 bits per heavy atom. The number of ether oxygens (including phenoxy) is 3. The van der Waals surface area contributed by atoms with Crippen LogP contribution in [0.4, 0.5) is 0 Å². The molecule has 0 aliphatic heterocycles. The Morgan fingerprint density at radius 3 is 1.74 bits per heavy atom. The number of nitrogens with one attached hydrogen (secondary N) is 2. The molecule has 0 spiro atoms. The average Bonchev–Trinajstić information content (AvgIpc) is 2.55. The van der Waals surface area contributed by atoms with Crippen LogP contribution in [0, 0.1) is 11.5 Å². The molecule has 0 aliphatic rings. The highest BCUT2D eigenvalue weighted by molar-refractivity contribution is 5.42. The average molecular weight is 321 g/mol. The largest absolute Gasteiger partial charge is 0.492 e. The Balaban J connectivity index is 2.50. The van der Waals surface area contributed by atoms with Gasteiger partial charge < -0.3 is 24.8 Å². The number of benzene rings is 1.